The van der Waals surface area contributed by atoms with Gasteiger partial charge in [-0.3, -0.25) is 9.78 Å². The quantitative estimate of drug-likeness (QED) is 0.433. The number of anilines is 2. The van der Waals surface area contributed by atoms with Crippen LogP contribution in [0.4, 0.5) is 11.4 Å². The van der Waals surface area contributed by atoms with Crippen LogP contribution < -0.4 is 10.6 Å². The molecule has 0 saturated heterocycles. The van der Waals surface area contributed by atoms with Gasteiger partial charge < -0.3 is 15.5 Å². The van der Waals surface area contributed by atoms with E-state index in [-0.39, 0.29) is 11.8 Å². The Morgan fingerprint density at radius 2 is 1.81 bits per heavy atom. The maximum atomic E-state index is 12.7. The van der Waals surface area contributed by atoms with Gasteiger partial charge in [-0.25, -0.2) is 0 Å². The third-order valence-corrected chi connectivity index (χ3v) is 5.88. The number of pyridine rings is 1. The number of carbonyl (C=O) groups excluding carboxylic acids is 1. The number of hydrogen-bond acceptors (Lipinski definition) is 4. The summed E-state index contributed by atoms with van der Waals surface area (Å²) in [7, 11) is 0. The summed E-state index contributed by atoms with van der Waals surface area (Å²) in [5.74, 6) is -0.0537. The number of halogens is 1. The maximum absolute atomic E-state index is 12.7. The normalized spacial score (nSPS) is 12.2. The lowest BCUT2D eigenvalue weighted by Crippen LogP contribution is -2.37. The van der Waals surface area contributed by atoms with Crippen molar-refractivity contribution in [1.29, 1.82) is 0 Å². The molecule has 2 aromatic carbocycles. The van der Waals surface area contributed by atoms with E-state index in [9.17, 15) is 4.79 Å². The third-order valence-electron chi connectivity index (χ3n) is 5.64. The molecule has 31 heavy (non-hydrogen) atoms. The lowest BCUT2D eigenvalue weighted by molar-refractivity contribution is -0.122. The highest BCUT2D eigenvalue weighted by molar-refractivity contribution is 6.31. The molecule has 0 saturated carbocycles. The van der Waals surface area contributed by atoms with Crippen LogP contribution in [-0.4, -0.2) is 42.0 Å². The van der Waals surface area contributed by atoms with E-state index in [1.807, 2.05) is 48.5 Å². The molecular weight excluding hydrogens is 408 g/mol. The molecule has 1 atom stereocenters. The van der Waals surface area contributed by atoms with Gasteiger partial charge >= 0.3 is 0 Å². The minimum Gasteiger partial charge on any atom is -0.355 e. The number of amides is 1. The number of aromatic nitrogens is 1. The molecule has 1 unspecified atom stereocenters. The summed E-state index contributed by atoms with van der Waals surface area (Å²) in [6, 6.07) is 15.7. The van der Waals surface area contributed by atoms with Crippen molar-refractivity contribution in [3.8, 4) is 0 Å². The van der Waals surface area contributed by atoms with Gasteiger partial charge in [0.05, 0.1) is 11.4 Å². The van der Waals surface area contributed by atoms with Crippen LogP contribution in [0.3, 0.4) is 0 Å². The first-order valence-electron chi connectivity index (χ1n) is 11.0. The van der Waals surface area contributed by atoms with Crippen molar-refractivity contribution in [3.63, 3.8) is 0 Å². The number of benzene rings is 2. The Morgan fingerprint density at radius 3 is 2.48 bits per heavy atom. The van der Waals surface area contributed by atoms with Gasteiger partial charge in [-0.05, 0) is 61.5 Å². The maximum Gasteiger partial charge on any atom is 0.227 e. The lowest BCUT2D eigenvalue weighted by atomic mass is 9.95. The Kier molecular flexibility index (Phi) is 8.27. The molecule has 0 bridgehead atoms. The zero-order chi connectivity index (χ0) is 22.2. The van der Waals surface area contributed by atoms with Crippen molar-refractivity contribution < 1.29 is 4.79 Å². The fourth-order valence-corrected chi connectivity index (χ4v) is 3.92. The van der Waals surface area contributed by atoms with E-state index in [4.69, 9.17) is 11.6 Å². The van der Waals surface area contributed by atoms with Crippen molar-refractivity contribution in [2.75, 3.05) is 31.5 Å². The SMILES string of the molecule is CCC(C(=O)NCCN(CC)CC)c1ccc(Nc2ccnc3cc(Cl)ccc23)cc1. The summed E-state index contributed by atoms with van der Waals surface area (Å²) in [6.45, 7) is 9.88. The molecular formula is C25H31ClN4O. The second kappa shape index (κ2) is 11.1. The second-order valence-electron chi connectivity index (χ2n) is 7.55. The Hall–Kier alpha value is -2.63. The van der Waals surface area contributed by atoms with Gasteiger partial charge in [0.25, 0.3) is 0 Å². The number of rotatable bonds is 10. The van der Waals surface area contributed by atoms with Crippen LogP contribution >= 0.6 is 11.6 Å². The number of carbonyl (C=O) groups is 1. The molecule has 5 nitrogen and oxygen atoms in total. The summed E-state index contributed by atoms with van der Waals surface area (Å²) in [4.78, 5) is 19.4. The molecule has 0 spiro atoms. The molecule has 0 radical (unpaired) electrons. The van der Waals surface area contributed by atoms with E-state index < -0.39 is 0 Å². The Bertz CT molecular complexity index is 1000. The number of hydrogen-bond donors (Lipinski definition) is 2. The van der Waals surface area contributed by atoms with Gasteiger partial charge in [0.1, 0.15) is 0 Å². The molecule has 2 N–H and O–H groups in total. The van der Waals surface area contributed by atoms with Crippen LogP contribution in [-0.2, 0) is 4.79 Å². The zero-order valence-corrected chi connectivity index (χ0v) is 19.2. The minimum atomic E-state index is -0.144. The molecule has 0 fully saturated rings. The average Bonchev–Trinajstić information content (AvgIpc) is 2.78. The third kappa shape index (κ3) is 5.96. The molecule has 3 rings (SSSR count). The highest BCUT2D eigenvalue weighted by atomic mass is 35.5. The monoisotopic (exact) mass is 438 g/mol. The second-order valence-corrected chi connectivity index (χ2v) is 7.98. The largest absolute Gasteiger partial charge is 0.355 e. The highest BCUT2D eigenvalue weighted by Crippen LogP contribution is 2.28. The fourth-order valence-electron chi connectivity index (χ4n) is 3.76. The van der Waals surface area contributed by atoms with Crippen LogP contribution in [0.5, 0.6) is 0 Å². The standard InChI is InChI=1S/C25H31ClN4O/c1-4-21(25(31)28-15-16-30(5-2)6-3)18-7-10-20(11-8-18)29-23-13-14-27-24-17-19(26)9-12-22(23)24/h7-14,17,21H,4-6,15-16H2,1-3H3,(H,27,29)(H,28,31). The average molecular weight is 439 g/mol. The molecule has 1 heterocycles. The molecule has 1 amide bonds. The Balaban J connectivity index is 1.67. The van der Waals surface area contributed by atoms with Gasteiger partial charge in [-0.15, -0.1) is 0 Å². The van der Waals surface area contributed by atoms with E-state index in [2.05, 4.69) is 41.3 Å². The molecule has 1 aromatic heterocycles. The van der Waals surface area contributed by atoms with Crippen molar-refractivity contribution in [2.24, 2.45) is 0 Å². The molecule has 0 aliphatic carbocycles. The minimum absolute atomic E-state index is 0.0902. The van der Waals surface area contributed by atoms with Crippen LogP contribution in [0.25, 0.3) is 10.9 Å². The van der Waals surface area contributed by atoms with Gasteiger partial charge in [-0.2, -0.15) is 0 Å². The summed E-state index contributed by atoms with van der Waals surface area (Å²) >= 11 is 6.08. The first-order valence-corrected chi connectivity index (χ1v) is 11.3. The van der Waals surface area contributed by atoms with Crippen LogP contribution in [0.15, 0.2) is 54.7 Å². The van der Waals surface area contributed by atoms with Crippen molar-refractivity contribution in [2.45, 2.75) is 33.1 Å². The zero-order valence-electron chi connectivity index (χ0n) is 18.5. The highest BCUT2D eigenvalue weighted by Gasteiger charge is 2.18. The number of nitrogens with one attached hydrogen (secondary N) is 2. The van der Waals surface area contributed by atoms with E-state index in [1.54, 1.807) is 6.20 Å². The topological polar surface area (TPSA) is 57.3 Å². The van der Waals surface area contributed by atoms with Gasteiger partial charge in [-0.1, -0.05) is 44.5 Å². The molecule has 164 valence electrons. The fraction of sp³-hybridized carbons (Fsp3) is 0.360. The lowest BCUT2D eigenvalue weighted by Gasteiger charge is -2.20. The first kappa shape index (κ1) is 23.0. The predicted octanol–water partition coefficient (Wildman–Crippen LogP) is 5.58. The Morgan fingerprint density at radius 1 is 1.06 bits per heavy atom. The van der Waals surface area contributed by atoms with E-state index >= 15 is 0 Å². The number of likely N-dealkylation sites (N-methyl/N-ethyl adjacent to an activating group) is 1. The number of nitrogens with zero attached hydrogens (tertiary/aromatic N) is 2. The van der Waals surface area contributed by atoms with E-state index in [0.717, 1.165) is 53.9 Å². The summed E-state index contributed by atoms with van der Waals surface area (Å²) in [6.07, 6.45) is 2.53. The van der Waals surface area contributed by atoms with Crippen LogP contribution in [0.2, 0.25) is 5.02 Å². The van der Waals surface area contributed by atoms with Crippen LogP contribution in [0, 0.1) is 0 Å². The van der Waals surface area contributed by atoms with Gasteiger partial charge in [0.15, 0.2) is 0 Å². The molecule has 0 aliphatic rings. The van der Waals surface area contributed by atoms with Crippen molar-refractivity contribution in [3.05, 3.63) is 65.3 Å². The predicted molar refractivity (Wildman–Crippen MR) is 130 cm³/mol. The molecule has 6 heteroatoms. The van der Waals surface area contributed by atoms with E-state index in [0.29, 0.717) is 11.6 Å². The van der Waals surface area contributed by atoms with Crippen LogP contribution in [0.1, 0.15) is 38.7 Å². The summed E-state index contributed by atoms with van der Waals surface area (Å²) < 4.78 is 0. The summed E-state index contributed by atoms with van der Waals surface area (Å²) in [5, 5.41) is 8.22. The number of fused-ring (bicyclic) bond motifs is 1. The molecule has 3 aromatic rings. The smallest absolute Gasteiger partial charge is 0.227 e. The first-order chi connectivity index (χ1) is 15.0. The van der Waals surface area contributed by atoms with E-state index in [1.165, 1.54) is 0 Å². The summed E-state index contributed by atoms with van der Waals surface area (Å²) in [5.41, 5.74) is 3.81. The Labute approximate surface area is 189 Å². The molecule has 0 aliphatic heterocycles. The van der Waals surface area contributed by atoms with Gasteiger partial charge in [0.2, 0.25) is 5.91 Å². The van der Waals surface area contributed by atoms with Crippen molar-refractivity contribution >= 4 is 39.8 Å². The van der Waals surface area contributed by atoms with Gasteiger partial charge in [0, 0.05) is 41.1 Å². The van der Waals surface area contributed by atoms with Crippen molar-refractivity contribution in [1.82, 2.24) is 15.2 Å².